The lowest BCUT2D eigenvalue weighted by molar-refractivity contribution is 0.307. The van der Waals surface area contributed by atoms with Crippen molar-refractivity contribution in [3.63, 3.8) is 0 Å². The van der Waals surface area contributed by atoms with Crippen molar-refractivity contribution in [3.8, 4) is 5.75 Å². The van der Waals surface area contributed by atoms with Gasteiger partial charge < -0.3 is 10.1 Å². The van der Waals surface area contributed by atoms with Gasteiger partial charge in [0.05, 0.1) is 5.69 Å². The van der Waals surface area contributed by atoms with Crippen LogP contribution in [-0.4, -0.2) is 6.54 Å². The summed E-state index contributed by atoms with van der Waals surface area (Å²) >= 11 is 9.62. The van der Waals surface area contributed by atoms with Gasteiger partial charge in [-0.3, -0.25) is 0 Å². The number of anilines is 1. The molecule has 1 aliphatic rings. The molecule has 1 heterocycles. The third-order valence-electron chi connectivity index (χ3n) is 3.44. The van der Waals surface area contributed by atoms with E-state index in [0.717, 1.165) is 39.5 Å². The van der Waals surface area contributed by atoms with Crippen LogP contribution in [0.4, 0.5) is 5.69 Å². The van der Waals surface area contributed by atoms with Crippen LogP contribution in [0.25, 0.3) is 0 Å². The van der Waals surface area contributed by atoms with Gasteiger partial charge in [0, 0.05) is 21.6 Å². The van der Waals surface area contributed by atoms with E-state index >= 15 is 0 Å². The van der Waals surface area contributed by atoms with Gasteiger partial charge in [-0.05, 0) is 36.6 Å². The Balaban J connectivity index is 1.78. The Bertz CT molecular complexity index is 630. The number of halogens is 2. The van der Waals surface area contributed by atoms with Crippen molar-refractivity contribution in [2.45, 2.75) is 19.4 Å². The summed E-state index contributed by atoms with van der Waals surface area (Å²) in [6.07, 6.45) is 2.29. The highest BCUT2D eigenvalue weighted by molar-refractivity contribution is 9.10. The second-order valence-corrected chi connectivity index (χ2v) is 6.17. The summed E-state index contributed by atoms with van der Waals surface area (Å²) in [7, 11) is 0. The highest BCUT2D eigenvalue weighted by Crippen LogP contribution is 2.33. The molecule has 0 spiro atoms. The first-order valence-electron chi connectivity index (χ1n) is 6.66. The number of aryl methyl sites for hydroxylation is 1. The van der Waals surface area contributed by atoms with Crippen LogP contribution < -0.4 is 10.1 Å². The second kappa shape index (κ2) is 6.06. The van der Waals surface area contributed by atoms with E-state index < -0.39 is 0 Å². The van der Waals surface area contributed by atoms with E-state index in [1.807, 2.05) is 30.3 Å². The quantitative estimate of drug-likeness (QED) is 0.835. The standard InChI is InChI=1S/C16H15BrClNO/c17-13-7-6-12(14(18)9-13)10-20-15-5-1-3-11-4-2-8-19-16(11)15/h1,3,5-7,9,19H,2,4,8,10H2. The fourth-order valence-electron chi connectivity index (χ4n) is 2.39. The molecule has 0 saturated carbocycles. The van der Waals surface area contributed by atoms with Gasteiger partial charge >= 0.3 is 0 Å². The number of fused-ring (bicyclic) bond motifs is 1. The molecular formula is C16H15BrClNO. The number of nitrogens with one attached hydrogen (secondary N) is 1. The highest BCUT2D eigenvalue weighted by Gasteiger charge is 2.13. The molecule has 0 atom stereocenters. The van der Waals surface area contributed by atoms with E-state index in [-0.39, 0.29) is 0 Å². The fraction of sp³-hybridized carbons (Fsp3) is 0.250. The summed E-state index contributed by atoms with van der Waals surface area (Å²) in [6.45, 7) is 1.48. The van der Waals surface area contributed by atoms with Gasteiger partial charge in [-0.25, -0.2) is 0 Å². The fourth-order valence-corrected chi connectivity index (χ4v) is 3.12. The van der Waals surface area contributed by atoms with Crippen LogP contribution in [0.2, 0.25) is 5.02 Å². The number of ether oxygens (including phenoxy) is 1. The second-order valence-electron chi connectivity index (χ2n) is 4.85. The minimum Gasteiger partial charge on any atom is -0.487 e. The number of para-hydroxylation sites is 1. The maximum Gasteiger partial charge on any atom is 0.143 e. The lowest BCUT2D eigenvalue weighted by Gasteiger charge is -2.21. The van der Waals surface area contributed by atoms with Gasteiger partial charge in [0.15, 0.2) is 0 Å². The van der Waals surface area contributed by atoms with Gasteiger partial charge in [0.2, 0.25) is 0 Å². The summed E-state index contributed by atoms with van der Waals surface area (Å²) in [4.78, 5) is 0. The molecule has 2 aromatic rings. The van der Waals surface area contributed by atoms with Crippen LogP contribution in [0, 0.1) is 0 Å². The summed E-state index contributed by atoms with van der Waals surface area (Å²) in [6, 6.07) is 12.0. The van der Waals surface area contributed by atoms with Gasteiger partial charge in [-0.15, -0.1) is 0 Å². The summed E-state index contributed by atoms with van der Waals surface area (Å²) < 4.78 is 6.93. The molecule has 0 unspecified atom stereocenters. The van der Waals surface area contributed by atoms with Crippen molar-refractivity contribution >= 4 is 33.2 Å². The van der Waals surface area contributed by atoms with Crippen LogP contribution in [0.5, 0.6) is 5.75 Å². The molecule has 0 aromatic heterocycles. The van der Waals surface area contributed by atoms with Crippen molar-refractivity contribution in [3.05, 3.63) is 57.0 Å². The SMILES string of the molecule is Clc1cc(Br)ccc1COc1cccc2c1NCCC2. The zero-order valence-electron chi connectivity index (χ0n) is 11.0. The molecule has 1 aliphatic heterocycles. The van der Waals surface area contributed by atoms with Crippen molar-refractivity contribution in [2.24, 2.45) is 0 Å². The third kappa shape index (κ3) is 2.94. The van der Waals surface area contributed by atoms with Crippen molar-refractivity contribution in [2.75, 3.05) is 11.9 Å². The van der Waals surface area contributed by atoms with E-state index in [2.05, 4.69) is 27.3 Å². The topological polar surface area (TPSA) is 21.3 Å². The van der Waals surface area contributed by atoms with Gasteiger partial charge in [0.1, 0.15) is 12.4 Å². The van der Waals surface area contributed by atoms with E-state index in [0.29, 0.717) is 6.61 Å². The van der Waals surface area contributed by atoms with E-state index in [1.165, 1.54) is 12.0 Å². The molecule has 20 heavy (non-hydrogen) atoms. The Morgan fingerprint density at radius 1 is 1.25 bits per heavy atom. The average molecular weight is 353 g/mol. The van der Waals surface area contributed by atoms with Crippen molar-refractivity contribution in [1.82, 2.24) is 0 Å². The Morgan fingerprint density at radius 2 is 2.15 bits per heavy atom. The highest BCUT2D eigenvalue weighted by atomic mass is 79.9. The maximum atomic E-state index is 6.21. The van der Waals surface area contributed by atoms with Crippen LogP contribution in [-0.2, 0) is 13.0 Å². The monoisotopic (exact) mass is 351 g/mol. The molecule has 3 rings (SSSR count). The van der Waals surface area contributed by atoms with Gasteiger partial charge in [-0.1, -0.05) is 45.7 Å². The summed E-state index contributed by atoms with van der Waals surface area (Å²) in [5, 5.41) is 4.15. The van der Waals surface area contributed by atoms with Crippen LogP contribution in [0.1, 0.15) is 17.5 Å². The van der Waals surface area contributed by atoms with E-state index in [1.54, 1.807) is 0 Å². The summed E-state index contributed by atoms with van der Waals surface area (Å²) in [5.41, 5.74) is 3.45. The van der Waals surface area contributed by atoms with Crippen molar-refractivity contribution < 1.29 is 4.74 Å². The first kappa shape index (κ1) is 13.8. The van der Waals surface area contributed by atoms with Gasteiger partial charge in [0.25, 0.3) is 0 Å². The zero-order valence-corrected chi connectivity index (χ0v) is 13.3. The number of hydrogen-bond donors (Lipinski definition) is 1. The van der Waals surface area contributed by atoms with E-state index in [4.69, 9.17) is 16.3 Å². The number of hydrogen-bond acceptors (Lipinski definition) is 2. The molecule has 104 valence electrons. The molecule has 2 nitrogen and oxygen atoms in total. The Labute approximate surface area is 132 Å². The lowest BCUT2D eigenvalue weighted by atomic mass is 10.0. The first-order chi connectivity index (χ1) is 9.74. The molecule has 0 fully saturated rings. The molecule has 0 amide bonds. The Morgan fingerprint density at radius 3 is 3.00 bits per heavy atom. The minimum atomic E-state index is 0.476. The molecule has 0 radical (unpaired) electrons. The largest absolute Gasteiger partial charge is 0.487 e. The Hall–Kier alpha value is -1.19. The smallest absolute Gasteiger partial charge is 0.143 e. The average Bonchev–Trinajstić information content (AvgIpc) is 2.46. The third-order valence-corrected chi connectivity index (χ3v) is 4.28. The molecule has 2 aromatic carbocycles. The summed E-state index contributed by atoms with van der Waals surface area (Å²) in [5.74, 6) is 0.904. The van der Waals surface area contributed by atoms with Crippen LogP contribution in [0.15, 0.2) is 40.9 Å². The number of benzene rings is 2. The normalized spacial score (nSPS) is 13.5. The van der Waals surface area contributed by atoms with Crippen LogP contribution in [0.3, 0.4) is 0 Å². The molecule has 0 bridgehead atoms. The molecule has 4 heteroatoms. The lowest BCUT2D eigenvalue weighted by Crippen LogP contribution is -2.13. The van der Waals surface area contributed by atoms with Crippen LogP contribution >= 0.6 is 27.5 Å². The predicted molar refractivity (Wildman–Crippen MR) is 86.7 cm³/mol. The molecule has 0 saturated heterocycles. The first-order valence-corrected chi connectivity index (χ1v) is 7.83. The maximum absolute atomic E-state index is 6.21. The Kier molecular flexibility index (Phi) is 4.18. The number of rotatable bonds is 3. The molecular weight excluding hydrogens is 338 g/mol. The molecule has 1 N–H and O–H groups in total. The minimum absolute atomic E-state index is 0.476. The predicted octanol–water partition coefficient (Wildman–Crippen LogP) is 5.04. The van der Waals surface area contributed by atoms with Crippen molar-refractivity contribution in [1.29, 1.82) is 0 Å². The molecule has 0 aliphatic carbocycles. The van der Waals surface area contributed by atoms with Gasteiger partial charge in [-0.2, -0.15) is 0 Å². The van der Waals surface area contributed by atoms with E-state index in [9.17, 15) is 0 Å². The zero-order chi connectivity index (χ0) is 13.9.